The Morgan fingerprint density at radius 1 is 1.36 bits per heavy atom. The lowest BCUT2D eigenvalue weighted by molar-refractivity contribution is -0.125. The number of carbonyl (C=O) groups is 1. The summed E-state index contributed by atoms with van der Waals surface area (Å²) in [6, 6.07) is 6.34. The first-order valence-corrected chi connectivity index (χ1v) is 4.21. The second-order valence-electron chi connectivity index (χ2n) is 3.27. The van der Waals surface area contributed by atoms with Crippen molar-refractivity contribution >= 4 is 18.2 Å². The molecule has 1 aliphatic carbocycles. The van der Waals surface area contributed by atoms with E-state index in [4.69, 9.17) is 5.73 Å². The van der Waals surface area contributed by atoms with Gasteiger partial charge in [0.15, 0.2) is 12.0 Å². The van der Waals surface area contributed by atoms with Crippen molar-refractivity contribution in [2.24, 2.45) is 5.73 Å². The molecule has 1 aromatic rings. The maximum Gasteiger partial charge on any atom is 0.188 e. The lowest BCUT2D eigenvalue weighted by Gasteiger charge is -2.22. The minimum Gasteiger partial charge on any atom is -0.321 e. The molecule has 0 heterocycles. The van der Waals surface area contributed by atoms with Gasteiger partial charge in [0.1, 0.15) is 0 Å². The fraction of sp³-hybridized carbons (Fsp3) is 0.300. The Labute approximate surface area is 87.7 Å². The van der Waals surface area contributed by atoms with Crippen LogP contribution >= 0.6 is 12.4 Å². The molecule has 4 heteroatoms. The van der Waals surface area contributed by atoms with Gasteiger partial charge >= 0.3 is 0 Å². The first-order valence-electron chi connectivity index (χ1n) is 4.21. The molecule has 1 aliphatic rings. The van der Waals surface area contributed by atoms with E-state index in [9.17, 15) is 9.18 Å². The number of carbonyl (C=O) groups excluding carboxylic acids is 1. The average Bonchev–Trinajstić information content (AvgIpc) is 2.15. The molecule has 0 saturated carbocycles. The lowest BCUT2D eigenvalue weighted by Crippen LogP contribution is -2.39. The molecular formula is C10H11ClFNO. The van der Waals surface area contributed by atoms with Crippen LogP contribution in [-0.2, 0) is 11.2 Å². The highest BCUT2D eigenvalue weighted by Crippen LogP contribution is 2.29. The average molecular weight is 216 g/mol. The Morgan fingerprint density at radius 3 is 2.71 bits per heavy atom. The van der Waals surface area contributed by atoms with Crippen LogP contribution in [0.3, 0.4) is 0 Å². The molecule has 0 spiro atoms. The summed E-state index contributed by atoms with van der Waals surface area (Å²) in [6.07, 6.45) is -1.07. The van der Waals surface area contributed by atoms with Crippen LogP contribution in [0.5, 0.6) is 0 Å². The maximum atomic E-state index is 13.4. The molecule has 2 atom stereocenters. The number of Topliss-reactive ketones (excluding diaryl/α,β-unsaturated/α-hetero) is 1. The van der Waals surface area contributed by atoms with E-state index in [0.717, 1.165) is 5.56 Å². The van der Waals surface area contributed by atoms with E-state index < -0.39 is 18.0 Å². The van der Waals surface area contributed by atoms with E-state index in [1.807, 2.05) is 12.1 Å². The molecule has 14 heavy (non-hydrogen) atoms. The molecule has 0 saturated heterocycles. The largest absolute Gasteiger partial charge is 0.321 e. The van der Waals surface area contributed by atoms with Gasteiger partial charge in [-0.25, -0.2) is 4.39 Å². The maximum absolute atomic E-state index is 13.4. The van der Waals surface area contributed by atoms with Crippen molar-refractivity contribution in [1.82, 2.24) is 0 Å². The second-order valence-corrected chi connectivity index (χ2v) is 3.27. The van der Waals surface area contributed by atoms with Crippen LogP contribution in [0, 0.1) is 0 Å². The van der Waals surface area contributed by atoms with Gasteiger partial charge in [-0.3, -0.25) is 4.79 Å². The van der Waals surface area contributed by atoms with Crippen molar-refractivity contribution < 1.29 is 9.18 Å². The molecular weight excluding hydrogens is 205 g/mol. The van der Waals surface area contributed by atoms with E-state index >= 15 is 0 Å². The SMILES string of the molecule is Cl.N[C@@H]1Cc2ccccc2[C@H](F)C1=O. The minimum atomic E-state index is -1.53. The summed E-state index contributed by atoms with van der Waals surface area (Å²) in [5, 5.41) is 0. The topological polar surface area (TPSA) is 43.1 Å². The fourth-order valence-electron chi connectivity index (χ4n) is 1.65. The van der Waals surface area contributed by atoms with Crippen molar-refractivity contribution in [3.8, 4) is 0 Å². The Kier molecular flexibility index (Phi) is 3.24. The van der Waals surface area contributed by atoms with Crippen LogP contribution in [0.2, 0.25) is 0 Å². The third-order valence-electron chi connectivity index (χ3n) is 2.38. The molecule has 1 aromatic carbocycles. The third-order valence-corrected chi connectivity index (χ3v) is 2.38. The first kappa shape index (κ1) is 11.1. The quantitative estimate of drug-likeness (QED) is 0.714. The van der Waals surface area contributed by atoms with E-state index in [1.54, 1.807) is 12.1 Å². The van der Waals surface area contributed by atoms with Crippen molar-refractivity contribution in [1.29, 1.82) is 0 Å². The molecule has 0 amide bonds. The normalized spacial score (nSPS) is 25.1. The van der Waals surface area contributed by atoms with Gasteiger partial charge < -0.3 is 5.73 Å². The summed E-state index contributed by atoms with van der Waals surface area (Å²) in [7, 11) is 0. The molecule has 0 aromatic heterocycles. The Bertz CT molecular complexity index is 356. The number of halogens is 2. The van der Waals surface area contributed by atoms with Gasteiger partial charge in [0.2, 0.25) is 0 Å². The molecule has 0 unspecified atom stereocenters. The van der Waals surface area contributed by atoms with Crippen molar-refractivity contribution in [2.45, 2.75) is 18.6 Å². The van der Waals surface area contributed by atoms with Crippen molar-refractivity contribution in [2.75, 3.05) is 0 Å². The molecule has 0 aliphatic heterocycles. The summed E-state index contributed by atoms with van der Waals surface area (Å²) in [4.78, 5) is 11.2. The zero-order valence-corrected chi connectivity index (χ0v) is 8.26. The molecule has 76 valence electrons. The van der Waals surface area contributed by atoms with E-state index in [0.29, 0.717) is 12.0 Å². The number of hydrogen-bond acceptors (Lipinski definition) is 2. The zero-order valence-electron chi connectivity index (χ0n) is 7.44. The Morgan fingerprint density at radius 2 is 2.00 bits per heavy atom. The van der Waals surface area contributed by atoms with Crippen LogP contribution in [-0.4, -0.2) is 11.8 Å². The molecule has 0 fully saturated rings. The van der Waals surface area contributed by atoms with Gasteiger partial charge in [0.25, 0.3) is 0 Å². The standard InChI is InChI=1S/C10H10FNO.ClH/c11-9-7-4-2-1-3-6(7)5-8(12)10(9)13;/h1-4,8-9H,5,12H2;1H/t8-,9+;/m1./s1. The lowest BCUT2D eigenvalue weighted by atomic mass is 9.86. The summed E-state index contributed by atoms with van der Waals surface area (Å²) in [5.41, 5.74) is 6.82. The number of alkyl halides is 1. The van der Waals surface area contributed by atoms with Crippen molar-refractivity contribution in [3.05, 3.63) is 35.4 Å². The molecule has 2 nitrogen and oxygen atoms in total. The zero-order chi connectivity index (χ0) is 9.42. The van der Waals surface area contributed by atoms with Gasteiger partial charge in [0, 0.05) is 0 Å². The Hall–Kier alpha value is -0.930. The highest BCUT2D eigenvalue weighted by atomic mass is 35.5. The molecule has 0 bridgehead atoms. The second kappa shape index (κ2) is 4.07. The first-order chi connectivity index (χ1) is 6.20. The summed E-state index contributed by atoms with van der Waals surface area (Å²) in [6.45, 7) is 0. The fourth-order valence-corrected chi connectivity index (χ4v) is 1.65. The number of nitrogens with two attached hydrogens (primary N) is 1. The van der Waals surface area contributed by atoms with Crippen LogP contribution < -0.4 is 5.73 Å². The van der Waals surface area contributed by atoms with Gasteiger partial charge in [-0.15, -0.1) is 12.4 Å². The highest BCUT2D eigenvalue weighted by Gasteiger charge is 2.32. The summed E-state index contributed by atoms with van der Waals surface area (Å²) in [5.74, 6) is -0.501. The monoisotopic (exact) mass is 215 g/mol. The summed E-state index contributed by atoms with van der Waals surface area (Å²) >= 11 is 0. The Balaban J connectivity index is 0.000000980. The van der Waals surface area contributed by atoms with Crippen LogP contribution in [0.1, 0.15) is 17.3 Å². The predicted molar refractivity (Wildman–Crippen MR) is 54.2 cm³/mol. The van der Waals surface area contributed by atoms with Gasteiger partial charge in [-0.05, 0) is 17.5 Å². The van der Waals surface area contributed by atoms with E-state index in [-0.39, 0.29) is 12.4 Å². The van der Waals surface area contributed by atoms with Crippen LogP contribution in [0.25, 0.3) is 0 Å². The minimum absolute atomic E-state index is 0. The third kappa shape index (κ3) is 1.65. The number of ketones is 1. The summed E-state index contributed by atoms with van der Waals surface area (Å²) < 4.78 is 13.4. The number of rotatable bonds is 0. The van der Waals surface area contributed by atoms with Crippen LogP contribution in [0.4, 0.5) is 4.39 Å². The highest BCUT2D eigenvalue weighted by molar-refractivity contribution is 5.91. The van der Waals surface area contributed by atoms with E-state index in [2.05, 4.69) is 0 Å². The number of fused-ring (bicyclic) bond motifs is 1. The van der Waals surface area contributed by atoms with E-state index in [1.165, 1.54) is 0 Å². The molecule has 0 radical (unpaired) electrons. The van der Waals surface area contributed by atoms with Gasteiger partial charge in [-0.1, -0.05) is 24.3 Å². The smallest absolute Gasteiger partial charge is 0.188 e. The number of hydrogen-bond donors (Lipinski definition) is 1. The van der Waals surface area contributed by atoms with Gasteiger partial charge in [0.05, 0.1) is 6.04 Å². The molecule has 2 N–H and O–H groups in total. The molecule has 2 rings (SSSR count). The van der Waals surface area contributed by atoms with Gasteiger partial charge in [-0.2, -0.15) is 0 Å². The van der Waals surface area contributed by atoms with Crippen LogP contribution in [0.15, 0.2) is 24.3 Å². The number of benzene rings is 1. The van der Waals surface area contributed by atoms with Crippen molar-refractivity contribution in [3.63, 3.8) is 0 Å². The predicted octanol–water partition coefficient (Wildman–Crippen LogP) is 1.57.